The van der Waals surface area contributed by atoms with Crippen molar-refractivity contribution in [3.05, 3.63) is 220 Å². The van der Waals surface area contributed by atoms with Gasteiger partial charge in [0.2, 0.25) is 27.6 Å². The third kappa shape index (κ3) is 13.6. The Balaban J connectivity index is 0.000000111. The first kappa shape index (κ1) is 73.5. The van der Waals surface area contributed by atoms with E-state index >= 15 is 0 Å². The summed E-state index contributed by atoms with van der Waals surface area (Å²) in [6.45, 7) is 30.6. The molecular formula is C87H95N11S6+6. The van der Waals surface area contributed by atoms with Crippen molar-refractivity contribution in [2.45, 2.75) is 135 Å². The van der Waals surface area contributed by atoms with Crippen LogP contribution >= 0.6 is 68.0 Å². The minimum Gasteiger partial charge on any atom is -0.236 e. The van der Waals surface area contributed by atoms with Crippen LogP contribution < -0.4 is 27.4 Å². The first-order valence-electron chi connectivity index (χ1n) is 36.2. The quantitative estimate of drug-likeness (QED) is 0.155. The Labute approximate surface area is 634 Å². The van der Waals surface area contributed by atoms with Gasteiger partial charge in [0.15, 0.2) is 11.9 Å². The summed E-state index contributed by atoms with van der Waals surface area (Å²) in [7, 11) is 12.5. The summed E-state index contributed by atoms with van der Waals surface area (Å²) in [6.07, 6.45) is 18.1. The van der Waals surface area contributed by atoms with Crippen LogP contribution in [0.5, 0.6) is 0 Å². The zero-order valence-corrected chi connectivity index (χ0v) is 68.8. The summed E-state index contributed by atoms with van der Waals surface area (Å²) in [4.78, 5) is 23.0. The smallest absolute Gasteiger partial charge is 0.236 e. The van der Waals surface area contributed by atoms with E-state index in [1.54, 1.807) is 0 Å². The first-order valence-corrected chi connectivity index (χ1v) is 41.1. The summed E-state index contributed by atoms with van der Waals surface area (Å²) in [5.74, 6) is 0. The van der Waals surface area contributed by atoms with Crippen LogP contribution in [0.3, 0.4) is 0 Å². The fourth-order valence-electron chi connectivity index (χ4n) is 14.5. The topological polar surface area (TPSA) is 87.7 Å². The van der Waals surface area contributed by atoms with Gasteiger partial charge in [0.05, 0.1) is 35.2 Å². The zero-order chi connectivity index (χ0) is 73.7. The Kier molecular flexibility index (Phi) is 21.7. The van der Waals surface area contributed by atoms with Gasteiger partial charge in [-0.25, -0.2) is 27.4 Å². The summed E-state index contributed by atoms with van der Waals surface area (Å²) >= 11 is 11.3. The Bertz CT molecular complexity index is 6160. The molecule has 528 valence electrons. The second-order valence-corrected chi connectivity index (χ2v) is 33.6. The molecule has 0 fully saturated rings. The summed E-state index contributed by atoms with van der Waals surface area (Å²) in [5, 5.41) is 9.31. The molecule has 11 nitrogen and oxygen atoms in total. The summed E-state index contributed by atoms with van der Waals surface area (Å²) < 4.78 is 29.3. The molecule has 0 amide bonds. The Morgan fingerprint density at radius 3 is 1.19 bits per heavy atom. The van der Waals surface area contributed by atoms with Gasteiger partial charge in [-0.15, -0.1) is 68.0 Å². The number of aromatic nitrogens is 11. The number of aryl methyl sites for hydroxylation is 20. The van der Waals surface area contributed by atoms with Crippen LogP contribution in [0.25, 0.3) is 122 Å². The van der Waals surface area contributed by atoms with Crippen molar-refractivity contribution in [3.8, 4) is 0 Å². The van der Waals surface area contributed by atoms with Crippen LogP contribution in [0.4, 0.5) is 0 Å². The average Bonchev–Trinajstić information content (AvgIpc) is 1.62. The number of hydrogen-bond acceptors (Lipinski definition) is 11. The van der Waals surface area contributed by atoms with Crippen molar-refractivity contribution in [1.82, 2.24) is 24.9 Å². The predicted molar refractivity (Wildman–Crippen MR) is 446 cm³/mol. The molecule has 0 N–H and O–H groups in total. The average molecular weight is 1490 g/mol. The molecule has 0 aliphatic rings. The molecule has 0 spiro atoms. The predicted octanol–water partition coefficient (Wildman–Crippen LogP) is 20.1. The highest BCUT2D eigenvalue weighted by molar-refractivity contribution is 7.28. The third-order valence-electron chi connectivity index (χ3n) is 20.6. The molecule has 0 aliphatic carbocycles. The molecule has 0 radical (unpaired) electrons. The lowest BCUT2D eigenvalue weighted by atomic mass is 10.1. The van der Waals surface area contributed by atoms with Gasteiger partial charge in [-0.1, -0.05) is 102 Å². The van der Waals surface area contributed by atoms with Gasteiger partial charge in [0.1, 0.15) is 63.7 Å². The second kappa shape index (κ2) is 30.7. The van der Waals surface area contributed by atoms with Crippen molar-refractivity contribution in [2.24, 2.45) is 42.3 Å². The number of thiophene rings is 6. The molecule has 0 atom stereocenters. The summed E-state index contributed by atoms with van der Waals surface area (Å²) in [5.41, 5.74) is 24.9. The molecule has 104 heavy (non-hydrogen) atoms. The third-order valence-corrected chi connectivity index (χ3v) is 28.3. The van der Waals surface area contributed by atoms with Gasteiger partial charge in [-0.05, 0) is 162 Å². The number of benzene rings is 6. The maximum Gasteiger partial charge on any atom is 0.286 e. The van der Waals surface area contributed by atoms with E-state index < -0.39 is 0 Å². The monoisotopic (exact) mass is 1490 g/mol. The van der Waals surface area contributed by atoms with Crippen molar-refractivity contribution in [2.75, 3.05) is 0 Å². The minimum absolute atomic E-state index is 1.04. The van der Waals surface area contributed by atoms with Gasteiger partial charge < -0.3 is 0 Å². The lowest BCUT2D eigenvalue weighted by molar-refractivity contribution is -0.680. The molecule has 6 aromatic carbocycles. The molecule has 18 aromatic rings. The maximum atomic E-state index is 4.62. The van der Waals surface area contributed by atoms with Crippen LogP contribution in [-0.4, -0.2) is 24.9 Å². The van der Waals surface area contributed by atoms with Gasteiger partial charge in [0, 0.05) is 110 Å². The first-order chi connectivity index (χ1) is 50.1. The van der Waals surface area contributed by atoms with Crippen molar-refractivity contribution >= 4 is 190 Å². The number of nitrogens with zero attached hydrogens (tertiary/aromatic N) is 11. The van der Waals surface area contributed by atoms with Crippen molar-refractivity contribution in [3.63, 3.8) is 0 Å². The van der Waals surface area contributed by atoms with Gasteiger partial charge in [-0.2, -0.15) is 0 Å². The molecule has 0 unspecified atom stereocenters. The Morgan fingerprint density at radius 2 is 0.644 bits per heavy atom. The van der Waals surface area contributed by atoms with E-state index in [2.05, 4.69) is 301 Å². The fraction of sp³-hybridized carbons (Fsp3) is 0.299. The lowest BCUT2D eigenvalue weighted by Gasteiger charge is -2.00. The SMILES string of the molecule is CCc1c2sc3c(C)c(C)ccc3c2cc[n+]1C.CCc1c2sc3c(C)c(C)ccc3c2nc[n+]1C.CCc1c2sc3c(C)cccc3c2nc[n+]1C.CCc1c2sc3cc(C)ccc3c2nc[n+]1C.CCc1c2sc3ccc(C)cc3c2nc[n+]1C.CCc1c2sc3cccc(C)c3c2nc[n+]1C. The normalized spacial score (nSPS) is 11.5. The number of fused-ring (bicyclic) bond motifs is 18. The Morgan fingerprint density at radius 1 is 0.269 bits per heavy atom. The lowest BCUT2D eigenvalue weighted by Crippen LogP contribution is -2.33. The van der Waals surface area contributed by atoms with Crippen LogP contribution in [-0.2, 0) is 80.8 Å². The Hall–Kier alpha value is -8.81. The standard InChI is InChI=1S/C16H18NS.C15H17N2S.4C14H15N2S/c1-5-14-16-13(8-9-17(14)4)12-7-6-10(2)11(3)15(12)18-16;1-5-12-15-13(16-8-17(12)4)11-7-6-9(2)10(3)14(11)18-15;1-4-11-14-13(15-8-16(11)3)10-7-9(2)5-6-12(10)17-14;1-4-11-14-13(15-8-16(11)3)10-6-5-9(2)7-12(10)17-14;1-4-11-14-12(15-8-16(11)3)10-7-5-6-9(2)13(10)17-14;1-4-10-14-13(15-8-16(10)3)12-9(2)6-5-7-11(12)17-14/h6-9H,5H2,1-4H3;6-8H,5H2,1-4H3;4*5-8H,4H2,1-3H3/q6*+1. The van der Waals surface area contributed by atoms with Crippen LogP contribution in [0.2, 0.25) is 0 Å². The highest BCUT2D eigenvalue weighted by Crippen LogP contribution is 2.42. The van der Waals surface area contributed by atoms with Gasteiger partial charge in [0.25, 0.3) is 31.6 Å². The van der Waals surface area contributed by atoms with Crippen LogP contribution in [0, 0.1) is 55.4 Å². The molecule has 17 heteroatoms. The maximum absolute atomic E-state index is 4.62. The van der Waals surface area contributed by atoms with E-state index in [0.29, 0.717) is 0 Å². The van der Waals surface area contributed by atoms with E-state index in [9.17, 15) is 0 Å². The molecular weight excluding hydrogens is 1390 g/mol. The van der Waals surface area contributed by atoms with E-state index in [4.69, 9.17) is 0 Å². The zero-order valence-electron chi connectivity index (χ0n) is 63.9. The van der Waals surface area contributed by atoms with Gasteiger partial charge >= 0.3 is 0 Å². The minimum atomic E-state index is 1.04. The molecule has 0 bridgehead atoms. The highest BCUT2D eigenvalue weighted by Gasteiger charge is 2.24. The molecule has 0 saturated heterocycles. The van der Waals surface area contributed by atoms with E-state index in [1.165, 1.54) is 173 Å². The van der Waals surface area contributed by atoms with Crippen molar-refractivity contribution in [1.29, 1.82) is 0 Å². The molecule has 12 aromatic heterocycles. The number of rotatable bonds is 6. The number of hydrogen-bond donors (Lipinski definition) is 0. The van der Waals surface area contributed by atoms with Crippen molar-refractivity contribution < 1.29 is 27.4 Å². The highest BCUT2D eigenvalue weighted by atomic mass is 32.1. The fourth-order valence-corrected chi connectivity index (χ4v) is 22.9. The molecule has 18 rings (SSSR count). The summed E-state index contributed by atoms with van der Waals surface area (Å²) in [6, 6.07) is 37.3. The van der Waals surface area contributed by atoms with Crippen LogP contribution in [0.15, 0.2) is 141 Å². The van der Waals surface area contributed by atoms with E-state index in [0.717, 1.165) is 66.1 Å². The molecule has 12 heterocycles. The largest absolute Gasteiger partial charge is 0.286 e. The number of pyridine rings is 1. The van der Waals surface area contributed by atoms with Gasteiger partial charge in [-0.3, -0.25) is 0 Å². The van der Waals surface area contributed by atoms with Crippen LogP contribution in [0.1, 0.15) is 120 Å². The second-order valence-electron chi connectivity index (χ2n) is 27.4. The molecule has 0 aliphatic heterocycles. The van der Waals surface area contributed by atoms with E-state index in [1.807, 2.05) is 99.7 Å². The van der Waals surface area contributed by atoms with E-state index in [-0.39, 0.29) is 0 Å². The molecule has 0 saturated carbocycles.